The maximum Gasteiger partial charge on any atom is 0.224 e. The van der Waals surface area contributed by atoms with Crippen molar-refractivity contribution in [1.82, 2.24) is 5.32 Å². The third-order valence-electron chi connectivity index (χ3n) is 4.61. The van der Waals surface area contributed by atoms with Crippen molar-refractivity contribution < 1.29 is 4.79 Å². The number of carbonyl (C=O) groups excluding carboxylic acids is 1. The van der Waals surface area contributed by atoms with Crippen LogP contribution < -0.4 is 10.6 Å². The first kappa shape index (κ1) is 14.6. The highest BCUT2D eigenvalue weighted by atomic mass is 16.1. The summed E-state index contributed by atoms with van der Waals surface area (Å²) in [6.07, 6.45) is 9.68. The van der Waals surface area contributed by atoms with E-state index in [4.69, 9.17) is 0 Å². The Bertz CT molecular complexity index is 459. The van der Waals surface area contributed by atoms with Gasteiger partial charge in [0, 0.05) is 24.7 Å². The van der Waals surface area contributed by atoms with E-state index in [-0.39, 0.29) is 5.91 Å². The number of hydrogen-bond acceptors (Lipinski definition) is 2. The molecule has 0 heterocycles. The highest BCUT2D eigenvalue weighted by Gasteiger charge is 2.20. The molecule has 0 atom stereocenters. The van der Waals surface area contributed by atoms with Crippen LogP contribution >= 0.6 is 0 Å². The number of hydrogen-bond donors (Lipinski definition) is 2. The summed E-state index contributed by atoms with van der Waals surface area (Å²) in [5.41, 5.74) is 2.21. The molecule has 2 saturated carbocycles. The summed E-state index contributed by atoms with van der Waals surface area (Å²) in [6.45, 7) is 0.932. The van der Waals surface area contributed by atoms with Gasteiger partial charge in [-0.15, -0.1) is 0 Å². The molecule has 3 rings (SSSR count). The minimum Gasteiger partial charge on any atom is -0.326 e. The maximum absolute atomic E-state index is 12.1. The standard InChI is InChI=1S/C18H26N2O/c21-18(12-14-4-2-1-3-5-14)20-17-8-6-15(7-9-17)13-19-16-10-11-16/h6-9,14,16,19H,1-5,10-13H2,(H,20,21). The Hall–Kier alpha value is -1.35. The molecule has 0 spiro atoms. The Morgan fingerprint density at radius 3 is 2.38 bits per heavy atom. The van der Waals surface area contributed by atoms with Crippen LogP contribution in [0.4, 0.5) is 5.69 Å². The minimum absolute atomic E-state index is 0.172. The second kappa shape index (κ2) is 7.08. The fourth-order valence-corrected chi connectivity index (χ4v) is 3.12. The van der Waals surface area contributed by atoms with E-state index in [0.29, 0.717) is 12.3 Å². The molecule has 2 fully saturated rings. The molecular weight excluding hydrogens is 260 g/mol. The lowest BCUT2D eigenvalue weighted by atomic mass is 9.87. The van der Waals surface area contributed by atoms with E-state index in [2.05, 4.69) is 22.8 Å². The minimum atomic E-state index is 0.172. The Morgan fingerprint density at radius 1 is 1.00 bits per heavy atom. The molecule has 114 valence electrons. The molecular formula is C18H26N2O. The summed E-state index contributed by atoms with van der Waals surface area (Å²) in [5, 5.41) is 6.53. The topological polar surface area (TPSA) is 41.1 Å². The van der Waals surface area contributed by atoms with E-state index in [1.165, 1.54) is 50.5 Å². The lowest BCUT2D eigenvalue weighted by Crippen LogP contribution is -2.18. The van der Waals surface area contributed by atoms with E-state index in [9.17, 15) is 4.79 Å². The van der Waals surface area contributed by atoms with Crippen LogP contribution in [-0.2, 0) is 11.3 Å². The molecule has 1 amide bonds. The molecule has 0 saturated heterocycles. The van der Waals surface area contributed by atoms with Gasteiger partial charge < -0.3 is 10.6 Å². The SMILES string of the molecule is O=C(CC1CCCCC1)Nc1ccc(CNC2CC2)cc1. The third-order valence-corrected chi connectivity index (χ3v) is 4.61. The first-order valence-electron chi connectivity index (χ1n) is 8.42. The number of amides is 1. The van der Waals surface area contributed by atoms with Crippen LogP contribution in [0.25, 0.3) is 0 Å². The molecule has 1 aromatic rings. The van der Waals surface area contributed by atoms with Gasteiger partial charge in [0.15, 0.2) is 0 Å². The lowest BCUT2D eigenvalue weighted by Gasteiger charge is -2.20. The number of anilines is 1. The summed E-state index contributed by atoms with van der Waals surface area (Å²) in [4.78, 5) is 12.1. The zero-order valence-corrected chi connectivity index (χ0v) is 12.7. The molecule has 0 aliphatic heterocycles. The quantitative estimate of drug-likeness (QED) is 0.834. The molecule has 0 unspecified atom stereocenters. The molecule has 1 aromatic carbocycles. The molecule has 21 heavy (non-hydrogen) atoms. The van der Waals surface area contributed by atoms with Crippen LogP contribution in [0.3, 0.4) is 0 Å². The summed E-state index contributed by atoms with van der Waals surface area (Å²) < 4.78 is 0. The van der Waals surface area contributed by atoms with Crippen molar-refractivity contribution in [3.63, 3.8) is 0 Å². The van der Waals surface area contributed by atoms with Crippen LogP contribution in [0.2, 0.25) is 0 Å². The molecule has 0 aromatic heterocycles. The lowest BCUT2D eigenvalue weighted by molar-refractivity contribution is -0.117. The van der Waals surface area contributed by atoms with Gasteiger partial charge in [0.05, 0.1) is 0 Å². The van der Waals surface area contributed by atoms with Crippen LogP contribution in [0, 0.1) is 5.92 Å². The van der Waals surface area contributed by atoms with E-state index < -0.39 is 0 Å². The van der Waals surface area contributed by atoms with E-state index in [1.807, 2.05) is 12.1 Å². The molecule has 3 nitrogen and oxygen atoms in total. The molecule has 2 aliphatic carbocycles. The van der Waals surface area contributed by atoms with Crippen molar-refractivity contribution in [2.45, 2.75) is 64.0 Å². The van der Waals surface area contributed by atoms with Crippen molar-refractivity contribution in [1.29, 1.82) is 0 Å². The maximum atomic E-state index is 12.1. The highest BCUT2D eigenvalue weighted by Crippen LogP contribution is 2.26. The van der Waals surface area contributed by atoms with Gasteiger partial charge >= 0.3 is 0 Å². The summed E-state index contributed by atoms with van der Waals surface area (Å²) in [7, 11) is 0. The molecule has 3 heteroatoms. The first-order chi connectivity index (χ1) is 10.3. The van der Waals surface area contributed by atoms with Crippen molar-refractivity contribution in [3.05, 3.63) is 29.8 Å². The molecule has 2 N–H and O–H groups in total. The zero-order valence-electron chi connectivity index (χ0n) is 12.7. The van der Waals surface area contributed by atoms with Crippen LogP contribution in [-0.4, -0.2) is 11.9 Å². The second-order valence-corrected chi connectivity index (χ2v) is 6.61. The van der Waals surface area contributed by atoms with Crippen molar-refractivity contribution in [3.8, 4) is 0 Å². The fourth-order valence-electron chi connectivity index (χ4n) is 3.12. The van der Waals surface area contributed by atoms with Crippen molar-refractivity contribution in [2.24, 2.45) is 5.92 Å². The van der Waals surface area contributed by atoms with Gasteiger partial charge in [0.25, 0.3) is 0 Å². The predicted octanol–water partition coefficient (Wildman–Crippen LogP) is 3.85. The van der Waals surface area contributed by atoms with Gasteiger partial charge in [-0.25, -0.2) is 0 Å². The fraction of sp³-hybridized carbons (Fsp3) is 0.611. The van der Waals surface area contributed by atoms with Gasteiger partial charge in [-0.05, 0) is 49.3 Å². The highest BCUT2D eigenvalue weighted by molar-refractivity contribution is 5.90. The Morgan fingerprint density at radius 2 is 1.71 bits per heavy atom. The number of nitrogens with one attached hydrogen (secondary N) is 2. The monoisotopic (exact) mass is 286 g/mol. The Balaban J connectivity index is 1.43. The number of benzene rings is 1. The van der Waals surface area contributed by atoms with Crippen LogP contribution in [0.1, 0.15) is 56.9 Å². The smallest absolute Gasteiger partial charge is 0.224 e. The first-order valence-corrected chi connectivity index (χ1v) is 8.42. The number of rotatable bonds is 6. The van der Waals surface area contributed by atoms with E-state index in [1.54, 1.807) is 0 Å². The summed E-state index contributed by atoms with van der Waals surface area (Å²) >= 11 is 0. The second-order valence-electron chi connectivity index (χ2n) is 6.61. The molecule has 0 bridgehead atoms. The summed E-state index contributed by atoms with van der Waals surface area (Å²) in [6, 6.07) is 8.97. The van der Waals surface area contributed by atoms with Gasteiger partial charge in [0.2, 0.25) is 5.91 Å². The summed E-state index contributed by atoms with van der Waals surface area (Å²) in [5.74, 6) is 0.770. The Labute approximate surface area is 127 Å². The predicted molar refractivity (Wildman–Crippen MR) is 86.1 cm³/mol. The van der Waals surface area contributed by atoms with E-state index in [0.717, 1.165) is 18.3 Å². The van der Waals surface area contributed by atoms with Crippen LogP contribution in [0.5, 0.6) is 0 Å². The normalized spacial score (nSPS) is 19.4. The van der Waals surface area contributed by atoms with Gasteiger partial charge in [-0.3, -0.25) is 4.79 Å². The van der Waals surface area contributed by atoms with Crippen LogP contribution in [0.15, 0.2) is 24.3 Å². The van der Waals surface area contributed by atoms with Gasteiger partial charge in [-0.2, -0.15) is 0 Å². The average molecular weight is 286 g/mol. The van der Waals surface area contributed by atoms with Crippen molar-refractivity contribution >= 4 is 11.6 Å². The third kappa shape index (κ3) is 4.85. The Kier molecular flexibility index (Phi) is 4.91. The van der Waals surface area contributed by atoms with E-state index >= 15 is 0 Å². The number of carbonyl (C=O) groups is 1. The zero-order chi connectivity index (χ0) is 14.5. The molecule has 0 radical (unpaired) electrons. The van der Waals surface area contributed by atoms with Gasteiger partial charge in [0.1, 0.15) is 0 Å². The largest absolute Gasteiger partial charge is 0.326 e. The van der Waals surface area contributed by atoms with Gasteiger partial charge in [-0.1, -0.05) is 31.4 Å². The molecule has 2 aliphatic rings. The van der Waals surface area contributed by atoms with Crippen molar-refractivity contribution in [2.75, 3.05) is 5.32 Å². The average Bonchev–Trinajstić information content (AvgIpc) is 3.32.